The van der Waals surface area contributed by atoms with Gasteiger partial charge in [-0.25, -0.2) is 0 Å². The summed E-state index contributed by atoms with van der Waals surface area (Å²) in [6.45, 7) is 2.31. The molecule has 3 nitrogen and oxygen atoms in total. The van der Waals surface area contributed by atoms with Crippen LogP contribution in [-0.4, -0.2) is 17.7 Å². The molecule has 0 aromatic heterocycles. The molecular weight excluding hydrogens is 393 g/mol. The molecule has 1 N–H and O–H groups in total. The van der Waals surface area contributed by atoms with Gasteiger partial charge < -0.3 is 9.84 Å². The van der Waals surface area contributed by atoms with Crippen LogP contribution in [0.1, 0.15) is 47.9 Å². The maximum Gasteiger partial charge on any atom is 0.416 e. The summed E-state index contributed by atoms with van der Waals surface area (Å²) in [7, 11) is 0. The lowest BCUT2D eigenvalue weighted by atomic mass is 10.0. The van der Waals surface area contributed by atoms with Crippen LogP contribution in [0.4, 0.5) is 13.2 Å². The minimum absolute atomic E-state index is 0.0302. The van der Waals surface area contributed by atoms with Crippen molar-refractivity contribution in [2.24, 2.45) is 0 Å². The monoisotopic (exact) mass is 418 g/mol. The summed E-state index contributed by atoms with van der Waals surface area (Å²) in [6, 6.07) is 12.1. The van der Waals surface area contributed by atoms with Gasteiger partial charge in [0.1, 0.15) is 12.4 Å². The van der Waals surface area contributed by atoms with Crippen LogP contribution in [0.5, 0.6) is 5.75 Å². The second-order valence-electron chi connectivity index (χ2n) is 7.72. The second kappa shape index (κ2) is 9.37. The number of halogens is 3. The fourth-order valence-corrected chi connectivity index (χ4v) is 3.75. The largest absolute Gasteiger partial charge is 0.489 e. The molecule has 0 saturated carbocycles. The van der Waals surface area contributed by atoms with Crippen LogP contribution in [0.2, 0.25) is 0 Å². The molecule has 2 aromatic carbocycles. The van der Waals surface area contributed by atoms with Gasteiger partial charge in [0.05, 0.1) is 5.56 Å². The maximum atomic E-state index is 13.4. The molecule has 6 heteroatoms. The smallest absolute Gasteiger partial charge is 0.416 e. The Hall–Kier alpha value is -2.76. The molecule has 0 bridgehead atoms. The van der Waals surface area contributed by atoms with Crippen molar-refractivity contribution >= 4 is 5.97 Å². The Labute approximate surface area is 174 Å². The van der Waals surface area contributed by atoms with E-state index in [4.69, 9.17) is 9.84 Å². The van der Waals surface area contributed by atoms with Crippen molar-refractivity contribution < 1.29 is 27.8 Å². The standard InChI is InChI=1S/C24H25F3O3/c1-16-5-7-17(8-6-16)13-19-3-2-4-20(19)15-30-21-11-9-18(10-12-23(28)29)22(14-21)24(25,26)27/h5-9,11,14H,2-4,10,12-13,15H2,1H3,(H,28,29). The summed E-state index contributed by atoms with van der Waals surface area (Å²) in [6.07, 6.45) is -1.34. The first-order chi connectivity index (χ1) is 14.2. The number of allylic oxidation sites excluding steroid dienone is 1. The van der Waals surface area contributed by atoms with Gasteiger partial charge in [0.2, 0.25) is 0 Å². The van der Waals surface area contributed by atoms with E-state index in [0.29, 0.717) is 0 Å². The summed E-state index contributed by atoms with van der Waals surface area (Å²) in [5.41, 5.74) is 4.01. The van der Waals surface area contributed by atoms with E-state index < -0.39 is 17.7 Å². The number of rotatable bonds is 8. The maximum absolute atomic E-state index is 13.4. The van der Waals surface area contributed by atoms with E-state index in [1.807, 2.05) is 6.92 Å². The van der Waals surface area contributed by atoms with E-state index in [2.05, 4.69) is 24.3 Å². The second-order valence-corrected chi connectivity index (χ2v) is 7.72. The van der Waals surface area contributed by atoms with Crippen LogP contribution in [-0.2, 0) is 23.8 Å². The summed E-state index contributed by atoms with van der Waals surface area (Å²) < 4.78 is 46.0. The Bertz CT molecular complexity index is 928. The Balaban J connectivity index is 1.72. The fraction of sp³-hybridized carbons (Fsp3) is 0.375. The first-order valence-corrected chi connectivity index (χ1v) is 10.0. The first kappa shape index (κ1) is 21.9. The van der Waals surface area contributed by atoms with Gasteiger partial charge in [-0.15, -0.1) is 0 Å². The molecule has 30 heavy (non-hydrogen) atoms. The highest BCUT2D eigenvalue weighted by atomic mass is 19.4. The highest BCUT2D eigenvalue weighted by Gasteiger charge is 2.33. The summed E-state index contributed by atoms with van der Waals surface area (Å²) in [5.74, 6) is -0.979. The van der Waals surface area contributed by atoms with E-state index in [1.165, 1.54) is 28.8 Å². The highest BCUT2D eigenvalue weighted by Crippen LogP contribution is 2.36. The van der Waals surface area contributed by atoms with Crippen molar-refractivity contribution in [1.29, 1.82) is 0 Å². The zero-order chi connectivity index (χ0) is 21.7. The molecule has 0 amide bonds. The third-order valence-corrected chi connectivity index (χ3v) is 5.40. The molecule has 0 radical (unpaired) electrons. The molecule has 0 saturated heterocycles. The fourth-order valence-electron chi connectivity index (χ4n) is 3.75. The Morgan fingerprint density at radius 3 is 2.43 bits per heavy atom. The van der Waals surface area contributed by atoms with Crippen LogP contribution in [0.25, 0.3) is 0 Å². The number of carbonyl (C=O) groups is 1. The molecule has 0 unspecified atom stereocenters. The predicted octanol–water partition coefficient (Wildman–Crippen LogP) is 6.13. The van der Waals surface area contributed by atoms with Gasteiger partial charge in [-0.05, 0) is 67.9 Å². The molecule has 0 heterocycles. The van der Waals surface area contributed by atoms with Gasteiger partial charge in [-0.3, -0.25) is 4.79 Å². The van der Waals surface area contributed by atoms with Gasteiger partial charge in [0.25, 0.3) is 0 Å². The van der Waals surface area contributed by atoms with Crippen molar-refractivity contribution in [3.8, 4) is 5.75 Å². The lowest BCUT2D eigenvalue weighted by Crippen LogP contribution is -2.11. The zero-order valence-electron chi connectivity index (χ0n) is 16.9. The van der Waals surface area contributed by atoms with Gasteiger partial charge >= 0.3 is 12.1 Å². The van der Waals surface area contributed by atoms with E-state index in [0.717, 1.165) is 37.3 Å². The average Bonchev–Trinajstić information content (AvgIpc) is 3.13. The number of hydrogen-bond acceptors (Lipinski definition) is 2. The number of carboxylic acid groups (broad SMARTS) is 1. The van der Waals surface area contributed by atoms with Crippen molar-refractivity contribution in [1.82, 2.24) is 0 Å². The number of aryl methyl sites for hydroxylation is 2. The Kier molecular flexibility index (Phi) is 6.85. The van der Waals surface area contributed by atoms with Crippen LogP contribution in [0.3, 0.4) is 0 Å². The average molecular weight is 418 g/mol. The number of carboxylic acids is 1. The number of aliphatic carboxylic acids is 1. The predicted molar refractivity (Wildman–Crippen MR) is 109 cm³/mol. The molecule has 1 aliphatic carbocycles. The zero-order valence-corrected chi connectivity index (χ0v) is 16.9. The topological polar surface area (TPSA) is 46.5 Å². The van der Waals surface area contributed by atoms with Crippen molar-refractivity contribution in [3.63, 3.8) is 0 Å². The minimum Gasteiger partial charge on any atom is -0.489 e. The van der Waals surface area contributed by atoms with Gasteiger partial charge in [-0.1, -0.05) is 41.5 Å². The van der Waals surface area contributed by atoms with Crippen LogP contribution < -0.4 is 4.74 Å². The molecule has 2 aromatic rings. The summed E-state index contributed by atoms with van der Waals surface area (Å²) in [5, 5.41) is 8.76. The van der Waals surface area contributed by atoms with E-state index in [-0.39, 0.29) is 30.8 Å². The van der Waals surface area contributed by atoms with Crippen LogP contribution in [0.15, 0.2) is 53.6 Å². The molecular formula is C24H25F3O3. The molecule has 3 rings (SSSR count). The quantitative estimate of drug-likeness (QED) is 0.525. The SMILES string of the molecule is Cc1ccc(CC2=C(COc3ccc(CCC(=O)O)c(C(F)(F)F)c3)CCC2)cc1. The number of ether oxygens (including phenoxy) is 1. The van der Waals surface area contributed by atoms with E-state index in [1.54, 1.807) is 0 Å². The number of benzene rings is 2. The third kappa shape index (κ3) is 5.88. The lowest BCUT2D eigenvalue weighted by Gasteiger charge is -2.15. The number of alkyl halides is 3. The normalized spacial score (nSPS) is 14.3. The number of hydrogen-bond donors (Lipinski definition) is 1. The lowest BCUT2D eigenvalue weighted by molar-refractivity contribution is -0.140. The van der Waals surface area contributed by atoms with Gasteiger partial charge in [-0.2, -0.15) is 13.2 Å². The van der Waals surface area contributed by atoms with Crippen LogP contribution >= 0.6 is 0 Å². The molecule has 0 aliphatic heterocycles. The van der Waals surface area contributed by atoms with Gasteiger partial charge in [0, 0.05) is 6.42 Å². The van der Waals surface area contributed by atoms with Crippen molar-refractivity contribution in [2.75, 3.05) is 6.61 Å². The van der Waals surface area contributed by atoms with E-state index >= 15 is 0 Å². The molecule has 0 fully saturated rings. The summed E-state index contributed by atoms with van der Waals surface area (Å²) in [4.78, 5) is 10.7. The molecule has 160 valence electrons. The third-order valence-electron chi connectivity index (χ3n) is 5.40. The molecule has 0 atom stereocenters. The van der Waals surface area contributed by atoms with Crippen LogP contribution in [0, 0.1) is 6.92 Å². The summed E-state index contributed by atoms with van der Waals surface area (Å²) >= 11 is 0. The van der Waals surface area contributed by atoms with Gasteiger partial charge in [0.15, 0.2) is 0 Å². The van der Waals surface area contributed by atoms with Crippen molar-refractivity contribution in [3.05, 3.63) is 75.9 Å². The molecule has 0 spiro atoms. The highest BCUT2D eigenvalue weighted by molar-refractivity contribution is 5.67. The van der Waals surface area contributed by atoms with E-state index in [9.17, 15) is 18.0 Å². The van der Waals surface area contributed by atoms with Crippen molar-refractivity contribution in [2.45, 2.75) is 51.6 Å². The minimum atomic E-state index is -4.56. The Morgan fingerprint density at radius 1 is 1.07 bits per heavy atom. The first-order valence-electron chi connectivity index (χ1n) is 10.0. The molecule has 1 aliphatic rings. The Morgan fingerprint density at radius 2 is 1.77 bits per heavy atom.